The van der Waals surface area contributed by atoms with Crippen LogP contribution in [-0.4, -0.2) is 0 Å². The first-order chi connectivity index (χ1) is 8.08. The molecule has 0 atom stereocenters. The van der Waals surface area contributed by atoms with E-state index < -0.39 is 0 Å². The van der Waals surface area contributed by atoms with E-state index in [9.17, 15) is 0 Å². The maximum Gasteiger partial charge on any atom is 0.132 e. The smallest absolute Gasteiger partial charge is 0.132 e. The number of hydrogen-bond donors (Lipinski definition) is 2. The Labute approximate surface area is 101 Å². The molecule has 17 heavy (non-hydrogen) atoms. The molecule has 3 nitrogen and oxygen atoms in total. The van der Waals surface area contributed by atoms with Gasteiger partial charge in [0.2, 0.25) is 0 Å². The van der Waals surface area contributed by atoms with E-state index in [-0.39, 0.29) is 0 Å². The fourth-order valence-corrected chi connectivity index (χ4v) is 1.58. The van der Waals surface area contributed by atoms with Crippen LogP contribution in [0.25, 0.3) is 0 Å². The molecule has 4 N–H and O–H groups in total. The van der Waals surface area contributed by atoms with E-state index >= 15 is 0 Å². The maximum atomic E-state index is 5.83. The van der Waals surface area contributed by atoms with E-state index in [0.29, 0.717) is 0 Å². The Morgan fingerprint density at radius 2 is 1.71 bits per heavy atom. The number of ether oxygens (including phenoxy) is 1. The van der Waals surface area contributed by atoms with Crippen molar-refractivity contribution in [2.45, 2.75) is 13.8 Å². The van der Waals surface area contributed by atoms with Gasteiger partial charge in [0, 0.05) is 16.9 Å². The number of rotatable bonds is 2. The third-order valence-corrected chi connectivity index (χ3v) is 2.80. The van der Waals surface area contributed by atoms with Gasteiger partial charge >= 0.3 is 0 Å². The molecule has 3 heteroatoms. The van der Waals surface area contributed by atoms with E-state index in [0.717, 1.165) is 34.0 Å². The summed E-state index contributed by atoms with van der Waals surface area (Å²) in [5.74, 6) is 1.54. The van der Waals surface area contributed by atoms with Gasteiger partial charge in [0.25, 0.3) is 0 Å². The molecule has 88 valence electrons. The zero-order valence-electron chi connectivity index (χ0n) is 10.0. The predicted octanol–water partition coefficient (Wildman–Crippen LogP) is 3.26. The summed E-state index contributed by atoms with van der Waals surface area (Å²) in [5, 5.41) is 0. The molecule has 0 amide bonds. The molecule has 0 radical (unpaired) electrons. The highest BCUT2D eigenvalue weighted by Crippen LogP contribution is 2.29. The van der Waals surface area contributed by atoms with E-state index in [4.69, 9.17) is 16.2 Å². The van der Waals surface area contributed by atoms with Crippen LogP contribution in [0.15, 0.2) is 36.4 Å². The highest BCUT2D eigenvalue weighted by Gasteiger charge is 2.04. The summed E-state index contributed by atoms with van der Waals surface area (Å²) >= 11 is 0. The van der Waals surface area contributed by atoms with Crippen LogP contribution in [0.3, 0.4) is 0 Å². The standard InChI is InChI=1S/C14H16N2O/c1-9-8-11(6-7-12(9)15)17-14-5-3-4-13(16)10(14)2/h3-8H,15-16H2,1-2H3. The van der Waals surface area contributed by atoms with Gasteiger partial charge in [-0.05, 0) is 49.7 Å². The fraction of sp³-hybridized carbons (Fsp3) is 0.143. The Kier molecular flexibility index (Phi) is 2.91. The number of hydrogen-bond acceptors (Lipinski definition) is 3. The predicted molar refractivity (Wildman–Crippen MR) is 71.3 cm³/mol. The second-order valence-corrected chi connectivity index (χ2v) is 4.09. The summed E-state index contributed by atoms with van der Waals surface area (Å²) in [5.41, 5.74) is 15.0. The lowest BCUT2D eigenvalue weighted by atomic mass is 10.1. The second-order valence-electron chi connectivity index (χ2n) is 4.09. The molecular weight excluding hydrogens is 212 g/mol. The molecule has 0 heterocycles. The zero-order chi connectivity index (χ0) is 12.4. The molecule has 0 saturated heterocycles. The minimum Gasteiger partial charge on any atom is -0.457 e. The van der Waals surface area contributed by atoms with Crippen LogP contribution in [-0.2, 0) is 0 Å². The summed E-state index contributed by atoms with van der Waals surface area (Å²) in [4.78, 5) is 0. The Morgan fingerprint density at radius 3 is 2.41 bits per heavy atom. The SMILES string of the molecule is Cc1cc(Oc2cccc(N)c2C)ccc1N. The molecule has 0 bridgehead atoms. The van der Waals surface area contributed by atoms with E-state index in [1.807, 2.05) is 50.2 Å². The van der Waals surface area contributed by atoms with Crippen molar-refractivity contribution in [3.63, 3.8) is 0 Å². The largest absolute Gasteiger partial charge is 0.457 e. The lowest BCUT2D eigenvalue weighted by Crippen LogP contribution is -1.94. The first-order valence-electron chi connectivity index (χ1n) is 5.47. The van der Waals surface area contributed by atoms with Gasteiger partial charge < -0.3 is 16.2 Å². The zero-order valence-corrected chi connectivity index (χ0v) is 10.0. The number of benzene rings is 2. The maximum absolute atomic E-state index is 5.83. The molecule has 0 aliphatic rings. The van der Waals surface area contributed by atoms with Gasteiger partial charge in [-0.15, -0.1) is 0 Å². The Hall–Kier alpha value is -2.16. The molecule has 0 aromatic heterocycles. The molecule has 0 unspecified atom stereocenters. The summed E-state index contributed by atoms with van der Waals surface area (Å²) < 4.78 is 5.79. The second kappa shape index (κ2) is 4.37. The monoisotopic (exact) mass is 228 g/mol. The lowest BCUT2D eigenvalue weighted by Gasteiger charge is -2.11. The molecule has 0 saturated carbocycles. The van der Waals surface area contributed by atoms with E-state index in [1.54, 1.807) is 0 Å². The number of nitrogen functional groups attached to an aromatic ring is 2. The van der Waals surface area contributed by atoms with Gasteiger partial charge in [0.1, 0.15) is 11.5 Å². The van der Waals surface area contributed by atoms with Crippen LogP contribution in [0.5, 0.6) is 11.5 Å². The van der Waals surface area contributed by atoms with Crippen LogP contribution in [0, 0.1) is 13.8 Å². The molecule has 0 aliphatic carbocycles. The van der Waals surface area contributed by atoms with Crippen molar-refractivity contribution in [2.75, 3.05) is 11.5 Å². The van der Waals surface area contributed by atoms with Crippen molar-refractivity contribution in [3.8, 4) is 11.5 Å². The van der Waals surface area contributed by atoms with E-state index in [1.165, 1.54) is 0 Å². The average Bonchev–Trinajstić information content (AvgIpc) is 2.30. The van der Waals surface area contributed by atoms with E-state index in [2.05, 4.69) is 0 Å². The topological polar surface area (TPSA) is 61.3 Å². The van der Waals surface area contributed by atoms with Crippen molar-refractivity contribution in [1.82, 2.24) is 0 Å². The van der Waals surface area contributed by atoms with Gasteiger partial charge in [-0.1, -0.05) is 6.07 Å². The third-order valence-electron chi connectivity index (χ3n) is 2.80. The molecule has 2 aromatic carbocycles. The van der Waals surface area contributed by atoms with Crippen LogP contribution >= 0.6 is 0 Å². The molecule has 0 spiro atoms. The van der Waals surface area contributed by atoms with Crippen molar-refractivity contribution in [1.29, 1.82) is 0 Å². The normalized spacial score (nSPS) is 10.2. The van der Waals surface area contributed by atoms with Crippen molar-refractivity contribution in [2.24, 2.45) is 0 Å². The van der Waals surface area contributed by atoms with Gasteiger partial charge in [-0.25, -0.2) is 0 Å². The highest BCUT2D eigenvalue weighted by molar-refractivity contribution is 5.55. The third kappa shape index (κ3) is 2.33. The number of anilines is 2. The summed E-state index contributed by atoms with van der Waals surface area (Å²) in [6, 6.07) is 11.2. The summed E-state index contributed by atoms with van der Waals surface area (Å²) in [7, 11) is 0. The quantitative estimate of drug-likeness (QED) is 0.775. The van der Waals surface area contributed by atoms with Crippen molar-refractivity contribution >= 4 is 11.4 Å². The Balaban J connectivity index is 2.31. The molecule has 0 fully saturated rings. The number of aryl methyl sites for hydroxylation is 1. The molecular formula is C14H16N2O. The minimum absolute atomic E-state index is 0.731. The van der Waals surface area contributed by atoms with Crippen molar-refractivity contribution < 1.29 is 4.74 Å². The van der Waals surface area contributed by atoms with Gasteiger partial charge in [0.05, 0.1) is 0 Å². The first-order valence-corrected chi connectivity index (χ1v) is 5.47. The molecule has 2 aromatic rings. The van der Waals surface area contributed by atoms with Gasteiger partial charge in [-0.2, -0.15) is 0 Å². The van der Waals surface area contributed by atoms with Gasteiger partial charge in [-0.3, -0.25) is 0 Å². The van der Waals surface area contributed by atoms with Crippen LogP contribution in [0.2, 0.25) is 0 Å². The first kappa shape index (κ1) is 11.3. The molecule has 2 rings (SSSR count). The highest BCUT2D eigenvalue weighted by atomic mass is 16.5. The fourth-order valence-electron chi connectivity index (χ4n) is 1.58. The minimum atomic E-state index is 0.731. The lowest BCUT2D eigenvalue weighted by molar-refractivity contribution is 0.479. The van der Waals surface area contributed by atoms with Crippen molar-refractivity contribution in [3.05, 3.63) is 47.5 Å². The van der Waals surface area contributed by atoms with Crippen LogP contribution < -0.4 is 16.2 Å². The summed E-state index contributed by atoms with van der Waals surface area (Å²) in [6.07, 6.45) is 0. The van der Waals surface area contributed by atoms with Gasteiger partial charge in [0.15, 0.2) is 0 Å². The summed E-state index contributed by atoms with van der Waals surface area (Å²) in [6.45, 7) is 3.89. The van der Waals surface area contributed by atoms with Crippen LogP contribution in [0.1, 0.15) is 11.1 Å². The van der Waals surface area contributed by atoms with Crippen LogP contribution in [0.4, 0.5) is 11.4 Å². The number of nitrogens with two attached hydrogens (primary N) is 2. The Bertz CT molecular complexity index is 550. The molecule has 0 aliphatic heterocycles. The average molecular weight is 228 g/mol. The Morgan fingerprint density at radius 1 is 0.941 bits per heavy atom.